The molecule has 0 amide bonds. The van der Waals surface area contributed by atoms with E-state index in [0.29, 0.717) is 22.5 Å². The smallest absolute Gasteiger partial charge is 0.343 e. The lowest BCUT2D eigenvalue weighted by molar-refractivity contribution is 0.268. The van der Waals surface area contributed by atoms with Crippen LogP contribution in [0.5, 0.6) is 5.75 Å². The zero-order valence-electron chi connectivity index (χ0n) is 13.1. The molecule has 1 heterocycles. The van der Waals surface area contributed by atoms with Gasteiger partial charge in [-0.2, -0.15) is 0 Å². The first-order valence-electron chi connectivity index (χ1n) is 7.89. The third-order valence-corrected chi connectivity index (χ3v) is 4.94. The van der Waals surface area contributed by atoms with E-state index in [-0.39, 0.29) is 17.6 Å². The zero-order valence-corrected chi connectivity index (χ0v) is 13.1. The Kier molecular flexibility index (Phi) is 3.81. The Balaban J connectivity index is 2.19. The number of hydrogen-bond donors (Lipinski definition) is 1. The Morgan fingerprint density at radius 2 is 2.05 bits per heavy atom. The van der Waals surface area contributed by atoms with Crippen LogP contribution >= 0.6 is 0 Å². The summed E-state index contributed by atoms with van der Waals surface area (Å²) in [6, 6.07) is 7.13. The van der Waals surface area contributed by atoms with E-state index < -0.39 is 5.63 Å². The largest absolute Gasteiger partial charge is 0.507 e. The summed E-state index contributed by atoms with van der Waals surface area (Å²) in [4.78, 5) is 12.5. The molecule has 1 fully saturated rings. The van der Waals surface area contributed by atoms with Crippen LogP contribution in [0, 0.1) is 11.8 Å². The Bertz CT molecular complexity index is 772. The molecule has 1 aromatic heterocycles. The zero-order chi connectivity index (χ0) is 15.9. The fourth-order valence-corrected chi connectivity index (χ4v) is 3.76. The van der Waals surface area contributed by atoms with Gasteiger partial charge in [0, 0.05) is 5.92 Å². The summed E-state index contributed by atoms with van der Waals surface area (Å²) < 4.78 is 5.44. The first-order chi connectivity index (χ1) is 10.5. The number of allylic oxidation sites excluding steroid dienone is 1. The monoisotopic (exact) mass is 298 g/mol. The first kappa shape index (κ1) is 14.9. The van der Waals surface area contributed by atoms with E-state index in [9.17, 15) is 9.90 Å². The number of para-hydroxylation sites is 1. The third-order valence-electron chi connectivity index (χ3n) is 4.94. The molecule has 1 N–H and O–H groups in total. The summed E-state index contributed by atoms with van der Waals surface area (Å²) in [7, 11) is 0. The van der Waals surface area contributed by atoms with Gasteiger partial charge in [-0.15, -0.1) is 0 Å². The minimum absolute atomic E-state index is 0.0119. The molecule has 3 rings (SSSR count). The fraction of sp³-hybridized carbons (Fsp3) is 0.421. The molecule has 0 bridgehead atoms. The van der Waals surface area contributed by atoms with Gasteiger partial charge in [-0.05, 0) is 43.7 Å². The van der Waals surface area contributed by atoms with E-state index >= 15 is 0 Å². The second-order valence-corrected chi connectivity index (χ2v) is 6.63. The second-order valence-electron chi connectivity index (χ2n) is 6.63. The van der Waals surface area contributed by atoms with Crippen molar-refractivity contribution in [3.8, 4) is 5.75 Å². The number of benzene rings is 1. The Hall–Kier alpha value is -2.03. The van der Waals surface area contributed by atoms with Crippen LogP contribution in [0.1, 0.15) is 44.6 Å². The summed E-state index contributed by atoms with van der Waals surface area (Å²) in [6.07, 6.45) is 3.02. The number of fused-ring (bicyclic) bond motifs is 1. The van der Waals surface area contributed by atoms with Gasteiger partial charge in [0.15, 0.2) is 0 Å². The van der Waals surface area contributed by atoms with E-state index in [1.165, 1.54) is 0 Å². The molecule has 0 radical (unpaired) electrons. The Morgan fingerprint density at radius 3 is 2.77 bits per heavy atom. The Morgan fingerprint density at radius 1 is 1.32 bits per heavy atom. The lowest BCUT2D eigenvalue weighted by Gasteiger charge is -2.35. The molecule has 3 heteroatoms. The maximum Gasteiger partial charge on any atom is 0.343 e. The van der Waals surface area contributed by atoms with Crippen molar-refractivity contribution in [2.75, 3.05) is 0 Å². The lowest BCUT2D eigenvalue weighted by Crippen LogP contribution is -2.27. The summed E-state index contributed by atoms with van der Waals surface area (Å²) in [5.74, 6) is 0.830. The van der Waals surface area contributed by atoms with Crippen LogP contribution in [-0.2, 0) is 0 Å². The molecule has 0 spiro atoms. The van der Waals surface area contributed by atoms with E-state index in [0.717, 1.165) is 24.8 Å². The van der Waals surface area contributed by atoms with Gasteiger partial charge in [-0.1, -0.05) is 37.6 Å². The first-order valence-corrected chi connectivity index (χ1v) is 7.89. The SMILES string of the molecule is C=C(C)[C@@H]1CCC(C)C[C@@H]1c1c(O)c2ccccc2oc1=O. The van der Waals surface area contributed by atoms with Crippen molar-refractivity contribution in [2.45, 2.75) is 39.0 Å². The van der Waals surface area contributed by atoms with Crippen molar-refractivity contribution in [3.63, 3.8) is 0 Å². The summed E-state index contributed by atoms with van der Waals surface area (Å²) in [6.45, 7) is 8.29. The minimum atomic E-state index is -0.415. The predicted molar refractivity (Wildman–Crippen MR) is 88.2 cm³/mol. The van der Waals surface area contributed by atoms with E-state index in [2.05, 4.69) is 13.5 Å². The van der Waals surface area contributed by atoms with Crippen LogP contribution in [0.4, 0.5) is 0 Å². The molecule has 3 nitrogen and oxygen atoms in total. The van der Waals surface area contributed by atoms with Crippen molar-refractivity contribution < 1.29 is 9.52 Å². The van der Waals surface area contributed by atoms with Gasteiger partial charge in [0.05, 0.1) is 10.9 Å². The van der Waals surface area contributed by atoms with Crippen LogP contribution in [0.15, 0.2) is 45.6 Å². The molecule has 1 aromatic carbocycles. The minimum Gasteiger partial charge on any atom is -0.507 e. The molecule has 1 aliphatic rings. The van der Waals surface area contributed by atoms with Gasteiger partial charge in [0.2, 0.25) is 0 Å². The van der Waals surface area contributed by atoms with Gasteiger partial charge in [-0.3, -0.25) is 0 Å². The standard InChI is InChI=1S/C19H22O3/c1-11(2)13-9-8-12(3)10-15(13)17-18(20)14-6-4-5-7-16(14)22-19(17)21/h4-7,12-13,15,20H,1,8-10H2,2-3H3/t12?,13-,15-/m0/s1. The van der Waals surface area contributed by atoms with Crippen molar-refractivity contribution in [3.05, 3.63) is 52.4 Å². The number of hydrogen-bond acceptors (Lipinski definition) is 3. The van der Waals surface area contributed by atoms with Crippen LogP contribution in [0.25, 0.3) is 11.0 Å². The summed E-state index contributed by atoms with van der Waals surface area (Å²) in [5.41, 5.74) is 1.52. The predicted octanol–water partition coefficient (Wildman–Crippen LogP) is 4.59. The van der Waals surface area contributed by atoms with Crippen molar-refractivity contribution >= 4 is 11.0 Å². The average molecular weight is 298 g/mol. The molecule has 0 saturated heterocycles. The molecule has 116 valence electrons. The highest BCUT2D eigenvalue weighted by Crippen LogP contribution is 2.45. The summed E-state index contributed by atoms with van der Waals surface area (Å²) in [5, 5.41) is 11.3. The molecule has 2 aromatic rings. The van der Waals surface area contributed by atoms with Gasteiger partial charge in [-0.25, -0.2) is 4.79 Å². The van der Waals surface area contributed by atoms with Crippen molar-refractivity contribution in [1.82, 2.24) is 0 Å². The highest BCUT2D eigenvalue weighted by Gasteiger charge is 2.34. The van der Waals surface area contributed by atoms with E-state index in [4.69, 9.17) is 4.42 Å². The molecule has 1 saturated carbocycles. The Labute approximate surface area is 130 Å². The molecule has 3 atom stereocenters. The van der Waals surface area contributed by atoms with Gasteiger partial charge in [0.25, 0.3) is 0 Å². The highest BCUT2D eigenvalue weighted by atomic mass is 16.4. The molecular formula is C19H22O3. The van der Waals surface area contributed by atoms with Crippen molar-refractivity contribution in [1.29, 1.82) is 0 Å². The maximum atomic E-state index is 12.5. The highest BCUT2D eigenvalue weighted by molar-refractivity contribution is 5.84. The van der Waals surface area contributed by atoms with Gasteiger partial charge >= 0.3 is 5.63 Å². The number of rotatable bonds is 2. The van der Waals surface area contributed by atoms with Crippen LogP contribution < -0.4 is 5.63 Å². The summed E-state index contributed by atoms with van der Waals surface area (Å²) >= 11 is 0. The van der Waals surface area contributed by atoms with Crippen LogP contribution in [-0.4, -0.2) is 5.11 Å². The van der Waals surface area contributed by atoms with Crippen LogP contribution in [0.2, 0.25) is 0 Å². The molecule has 1 aliphatic carbocycles. The number of aromatic hydroxyl groups is 1. The van der Waals surface area contributed by atoms with Crippen LogP contribution in [0.3, 0.4) is 0 Å². The van der Waals surface area contributed by atoms with E-state index in [1.807, 2.05) is 13.0 Å². The normalized spacial score (nSPS) is 25.3. The molecule has 22 heavy (non-hydrogen) atoms. The quantitative estimate of drug-likeness (QED) is 0.651. The maximum absolute atomic E-state index is 12.5. The van der Waals surface area contributed by atoms with Gasteiger partial charge in [0.1, 0.15) is 11.3 Å². The molecular weight excluding hydrogens is 276 g/mol. The fourth-order valence-electron chi connectivity index (χ4n) is 3.76. The second kappa shape index (κ2) is 5.64. The lowest BCUT2D eigenvalue weighted by atomic mass is 9.69. The molecule has 0 aliphatic heterocycles. The molecule has 1 unspecified atom stereocenters. The third kappa shape index (κ3) is 2.45. The average Bonchev–Trinajstić information content (AvgIpc) is 2.47. The van der Waals surface area contributed by atoms with Gasteiger partial charge < -0.3 is 9.52 Å². The topological polar surface area (TPSA) is 50.4 Å². The van der Waals surface area contributed by atoms with Crippen molar-refractivity contribution in [2.24, 2.45) is 11.8 Å². The van der Waals surface area contributed by atoms with E-state index in [1.54, 1.807) is 18.2 Å².